The van der Waals surface area contributed by atoms with Crippen LogP contribution in [-0.2, 0) is 6.54 Å². The number of hydrogen-bond donors (Lipinski definition) is 1. The summed E-state index contributed by atoms with van der Waals surface area (Å²) in [6.45, 7) is 4.02. The summed E-state index contributed by atoms with van der Waals surface area (Å²) in [6.07, 6.45) is 0. The molecule has 0 aliphatic rings. The van der Waals surface area contributed by atoms with Gasteiger partial charge in [-0.3, -0.25) is 10.1 Å². The van der Waals surface area contributed by atoms with Crippen LogP contribution in [0.4, 0.5) is 5.69 Å². The summed E-state index contributed by atoms with van der Waals surface area (Å²) < 4.78 is 5.81. The Labute approximate surface area is 117 Å². The van der Waals surface area contributed by atoms with Crippen molar-refractivity contribution in [1.82, 2.24) is 0 Å². The zero-order valence-electron chi connectivity index (χ0n) is 11.4. The quantitative estimate of drug-likeness (QED) is 0.682. The predicted molar refractivity (Wildman–Crippen MR) is 77.0 cm³/mol. The Bertz CT molecular complexity index is 654. The third-order valence-corrected chi connectivity index (χ3v) is 3.16. The predicted octanol–water partition coefficient (Wildman–Crippen LogP) is 3.46. The van der Waals surface area contributed by atoms with Crippen LogP contribution in [0.3, 0.4) is 0 Å². The number of nitro groups is 1. The molecule has 104 valence electrons. The first-order valence-corrected chi connectivity index (χ1v) is 6.24. The lowest BCUT2D eigenvalue weighted by Crippen LogP contribution is -1.99. The Balaban J connectivity index is 2.40. The number of aryl methyl sites for hydroxylation is 1. The summed E-state index contributed by atoms with van der Waals surface area (Å²) in [5.74, 6) is 1.15. The van der Waals surface area contributed by atoms with Gasteiger partial charge in [0.1, 0.15) is 11.5 Å². The number of nitro benzene ring substituents is 1. The summed E-state index contributed by atoms with van der Waals surface area (Å²) >= 11 is 0. The number of nitrogens with two attached hydrogens (primary N) is 1. The molecule has 0 fully saturated rings. The Kier molecular flexibility index (Phi) is 4.00. The average Bonchev–Trinajstić information content (AvgIpc) is 2.43. The van der Waals surface area contributed by atoms with Crippen molar-refractivity contribution in [2.24, 2.45) is 5.73 Å². The molecule has 2 N–H and O–H groups in total. The largest absolute Gasteiger partial charge is 0.457 e. The lowest BCUT2D eigenvalue weighted by molar-refractivity contribution is -0.385. The molecule has 0 saturated carbocycles. The van der Waals surface area contributed by atoms with Gasteiger partial charge in [-0.1, -0.05) is 18.2 Å². The summed E-state index contributed by atoms with van der Waals surface area (Å²) in [7, 11) is 0. The summed E-state index contributed by atoms with van der Waals surface area (Å²) in [6, 6.07) is 10.5. The second kappa shape index (κ2) is 5.71. The highest BCUT2D eigenvalue weighted by Gasteiger charge is 2.15. The molecular formula is C15H16N2O3. The van der Waals surface area contributed by atoms with Gasteiger partial charge in [0.05, 0.1) is 10.5 Å². The first-order valence-electron chi connectivity index (χ1n) is 6.24. The second-order valence-electron chi connectivity index (χ2n) is 4.56. The molecule has 0 atom stereocenters. The van der Waals surface area contributed by atoms with Gasteiger partial charge < -0.3 is 10.5 Å². The number of hydrogen-bond acceptors (Lipinski definition) is 4. The van der Waals surface area contributed by atoms with E-state index in [1.807, 2.05) is 25.1 Å². The fourth-order valence-corrected chi connectivity index (χ4v) is 1.91. The number of nitrogens with zero attached hydrogens (tertiary/aromatic N) is 1. The van der Waals surface area contributed by atoms with Gasteiger partial charge in [-0.25, -0.2) is 0 Å². The minimum Gasteiger partial charge on any atom is -0.457 e. The van der Waals surface area contributed by atoms with E-state index in [4.69, 9.17) is 10.5 Å². The van der Waals surface area contributed by atoms with Crippen LogP contribution in [-0.4, -0.2) is 4.92 Å². The van der Waals surface area contributed by atoms with Crippen LogP contribution < -0.4 is 10.5 Å². The normalized spacial score (nSPS) is 10.3. The third kappa shape index (κ3) is 2.78. The molecule has 2 rings (SSSR count). The highest BCUT2D eigenvalue weighted by Crippen LogP contribution is 2.32. The van der Waals surface area contributed by atoms with Gasteiger partial charge >= 0.3 is 0 Å². The zero-order valence-corrected chi connectivity index (χ0v) is 11.4. The van der Waals surface area contributed by atoms with Crippen molar-refractivity contribution in [3.63, 3.8) is 0 Å². The van der Waals surface area contributed by atoms with Crippen molar-refractivity contribution in [1.29, 1.82) is 0 Å². The van der Waals surface area contributed by atoms with Gasteiger partial charge in [-0.05, 0) is 37.1 Å². The van der Waals surface area contributed by atoms with E-state index in [-0.39, 0.29) is 5.69 Å². The Hall–Kier alpha value is -2.40. The molecule has 0 aliphatic heterocycles. The molecule has 2 aromatic rings. The lowest BCUT2D eigenvalue weighted by Gasteiger charge is -2.12. The molecule has 0 unspecified atom stereocenters. The van der Waals surface area contributed by atoms with Crippen LogP contribution in [0.15, 0.2) is 36.4 Å². The Morgan fingerprint density at radius 1 is 1.20 bits per heavy atom. The van der Waals surface area contributed by atoms with Crippen LogP contribution in [0.25, 0.3) is 0 Å². The van der Waals surface area contributed by atoms with Crippen molar-refractivity contribution in [3.8, 4) is 11.5 Å². The summed E-state index contributed by atoms with van der Waals surface area (Å²) in [5, 5.41) is 10.9. The summed E-state index contributed by atoms with van der Waals surface area (Å²) in [5.41, 5.74) is 8.08. The minimum atomic E-state index is -0.411. The zero-order chi connectivity index (χ0) is 14.7. The Morgan fingerprint density at radius 3 is 2.60 bits per heavy atom. The van der Waals surface area contributed by atoms with Crippen molar-refractivity contribution >= 4 is 5.69 Å². The maximum Gasteiger partial charge on any atom is 0.276 e. The molecule has 0 amide bonds. The molecule has 20 heavy (non-hydrogen) atoms. The standard InChI is InChI=1S/C15H16N2O3/c1-10-6-7-12(9-16)8-15(10)20-14-5-3-4-13(11(14)2)17(18)19/h3-8H,9,16H2,1-2H3. The van der Waals surface area contributed by atoms with E-state index in [0.717, 1.165) is 11.1 Å². The molecule has 0 aliphatic carbocycles. The van der Waals surface area contributed by atoms with Crippen LogP contribution in [0, 0.1) is 24.0 Å². The van der Waals surface area contributed by atoms with Crippen LogP contribution in [0.2, 0.25) is 0 Å². The number of ether oxygens (including phenoxy) is 1. The molecule has 0 aromatic heterocycles. The van der Waals surface area contributed by atoms with E-state index in [1.165, 1.54) is 6.07 Å². The fourth-order valence-electron chi connectivity index (χ4n) is 1.91. The molecular weight excluding hydrogens is 256 g/mol. The third-order valence-electron chi connectivity index (χ3n) is 3.16. The first kappa shape index (κ1) is 14.0. The van der Waals surface area contributed by atoms with Crippen LogP contribution in [0.1, 0.15) is 16.7 Å². The maximum atomic E-state index is 10.9. The van der Waals surface area contributed by atoms with Gasteiger partial charge in [-0.15, -0.1) is 0 Å². The highest BCUT2D eigenvalue weighted by atomic mass is 16.6. The topological polar surface area (TPSA) is 78.4 Å². The van der Waals surface area contributed by atoms with E-state index in [0.29, 0.717) is 23.6 Å². The molecule has 0 spiro atoms. The second-order valence-corrected chi connectivity index (χ2v) is 4.56. The maximum absolute atomic E-state index is 10.9. The molecule has 0 bridgehead atoms. The smallest absolute Gasteiger partial charge is 0.276 e. The van der Waals surface area contributed by atoms with Gasteiger partial charge in [0.2, 0.25) is 0 Å². The van der Waals surface area contributed by atoms with E-state index in [2.05, 4.69) is 0 Å². The fraction of sp³-hybridized carbons (Fsp3) is 0.200. The van der Waals surface area contributed by atoms with Gasteiger partial charge in [-0.2, -0.15) is 0 Å². The highest BCUT2D eigenvalue weighted by molar-refractivity contribution is 5.50. The lowest BCUT2D eigenvalue weighted by atomic mass is 10.1. The molecule has 2 aromatic carbocycles. The van der Waals surface area contributed by atoms with Gasteiger partial charge in [0.15, 0.2) is 0 Å². The van der Waals surface area contributed by atoms with Crippen molar-refractivity contribution < 1.29 is 9.66 Å². The minimum absolute atomic E-state index is 0.0510. The molecule has 0 radical (unpaired) electrons. The SMILES string of the molecule is Cc1ccc(CN)cc1Oc1cccc([N+](=O)[O-])c1C. The summed E-state index contributed by atoms with van der Waals surface area (Å²) in [4.78, 5) is 10.5. The average molecular weight is 272 g/mol. The number of benzene rings is 2. The monoisotopic (exact) mass is 272 g/mol. The van der Waals surface area contributed by atoms with E-state index in [1.54, 1.807) is 19.1 Å². The van der Waals surface area contributed by atoms with Gasteiger partial charge in [0, 0.05) is 12.6 Å². The van der Waals surface area contributed by atoms with E-state index < -0.39 is 4.92 Å². The Morgan fingerprint density at radius 2 is 1.95 bits per heavy atom. The van der Waals surface area contributed by atoms with Crippen molar-refractivity contribution in [2.75, 3.05) is 0 Å². The molecule has 0 saturated heterocycles. The van der Waals surface area contributed by atoms with Crippen molar-refractivity contribution in [3.05, 3.63) is 63.2 Å². The van der Waals surface area contributed by atoms with Crippen molar-refractivity contribution in [2.45, 2.75) is 20.4 Å². The molecule has 5 heteroatoms. The van der Waals surface area contributed by atoms with Crippen LogP contribution in [0.5, 0.6) is 11.5 Å². The molecule has 0 heterocycles. The van der Waals surface area contributed by atoms with E-state index >= 15 is 0 Å². The van der Waals surface area contributed by atoms with E-state index in [9.17, 15) is 10.1 Å². The van der Waals surface area contributed by atoms with Crippen LogP contribution >= 0.6 is 0 Å². The number of rotatable bonds is 4. The first-order chi connectivity index (χ1) is 9.52. The van der Waals surface area contributed by atoms with Gasteiger partial charge in [0.25, 0.3) is 5.69 Å². The molecule has 5 nitrogen and oxygen atoms in total.